The number of nitrogens with one attached hydrogen (secondary N) is 2. The van der Waals surface area contributed by atoms with Crippen LogP contribution in [0.3, 0.4) is 0 Å². The average Bonchev–Trinajstić information content (AvgIpc) is 2.75. The number of carbonyl (C=O) groups is 1. The maximum absolute atomic E-state index is 12.0. The number of amides is 1. The van der Waals surface area contributed by atoms with Gasteiger partial charge < -0.3 is 5.32 Å². The van der Waals surface area contributed by atoms with Crippen molar-refractivity contribution in [3.8, 4) is 0 Å². The number of rotatable bonds is 3. The van der Waals surface area contributed by atoms with E-state index in [4.69, 9.17) is 11.6 Å². The van der Waals surface area contributed by atoms with E-state index >= 15 is 0 Å². The normalized spacial score (nSPS) is 10.4. The second-order valence-corrected chi connectivity index (χ2v) is 4.29. The molecule has 94 valence electrons. The number of aryl methyl sites for hydroxylation is 2. The lowest BCUT2D eigenvalue weighted by atomic mass is 10.2. The van der Waals surface area contributed by atoms with Crippen molar-refractivity contribution in [1.82, 2.24) is 15.2 Å². The summed E-state index contributed by atoms with van der Waals surface area (Å²) in [6.45, 7) is 3.79. The minimum atomic E-state index is -0.253. The van der Waals surface area contributed by atoms with E-state index < -0.39 is 0 Å². The number of hydrogen-bond acceptors (Lipinski definition) is 3. The van der Waals surface area contributed by atoms with Crippen molar-refractivity contribution >= 4 is 23.3 Å². The molecule has 18 heavy (non-hydrogen) atoms. The molecule has 2 N–H and O–H groups in total. The molecule has 6 heteroatoms. The molecule has 2 heterocycles. The fraction of sp³-hybridized carbons (Fsp3) is 0.250. The Kier molecular flexibility index (Phi) is 3.62. The maximum atomic E-state index is 12.0. The van der Waals surface area contributed by atoms with Crippen LogP contribution in [0.1, 0.15) is 28.7 Å². The maximum Gasteiger partial charge on any atom is 0.257 e. The van der Waals surface area contributed by atoms with Crippen LogP contribution in [0, 0.1) is 6.92 Å². The van der Waals surface area contributed by atoms with Crippen LogP contribution in [0.4, 0.5) is 5.82 Å². The van der Waals surface area contributed by atoms with Crippen LogP contribution >= 0.6 is 11.6 Å². The molecule has 0 aromatic carbocycles. The molecule has 2 aromatic heterocycles. The quantitative estimate of drug-likeness (QED) is 0.837. The number of nitrogens with zero attached hydrogens (tertiary/aromatic N) is 2. The van der Waals surface area contributed by atoms with Crippen LogP contribution in [0.2, 0.25) is 5.15 Å². The van der Waals surface area contributed by atoms with Crippen molar-refractivity contribution in [3.05, 3.63) is 40.3 Å². The standard InChI is InChI=1S/C12H13ClN4O/c1-3-9-6-11(17-16-9)15-12(18)8-4-7(2)14-10(13)5-8/h4-6H,3H2,1-2H3,(H2,15,16,17,18). The summed E-state index contributed by atoms with van der Waals surface area (Å²) in [5.74, 6) is 0.249. The lowest BCUT2D eigenvalue weighted by Gasteiger charge is -2.03. The molecule has 2 rings (SSSR count). The molecule has 0 saturated carbocycles. The molecular weight excluding hydrogens is 252 g/mol. The highest BCUT2D eigenvalue weighted by molar-refractivity contribution is 6.29. The zero-order valence-corrected chi connectivity index (χ0v) is 10.9. The van der Waals surface area contributed by atoms with Crippen molar-refractivity contribution < 1.29 is 4.79 Å². The van der Waals surface area contributed by atoms with Crippen molar-refractivity contribution in [3.63, 3.8) is 0 Å². The van der Waals surface area contributed by atoms with E-state index in [1.54, 1.807) is 19.1 Å². The summed E-state index contributed by atoms with van der Waals surface area (Å²) in [6, 6.07) is 5.00. The predicted molar refractivity (Wildman–Crippen MR) is 69.9 cm³/mol. The zero-order valence-electron chi connectivity index (χ0n) is 10.1. The first-order valence-electron chi connectivity index (χ1n) is 5.58. The van der Waals surface area contributed by atoms with Gasteiger partial charge in [-0.15, -0.1) is 0 Å². The Morgan fingerprint density at radius 1 is 1.44 bits per heavy atom. The Morgan fingerprint density at radius 2 is 2.22 bits per heavy atom. The Hall–Kier alpha value is -1.88. The first-order chi connectivity index (χ1) is 8.58. The summed E-state index contributed by atoms with van der Waals surface area (Å²) < 4.78 is 0. The minimum absolute atomic E-state index is 0.253. The third kappa shape index (κ3) is 2.87. The van der Waals surface area contributed by atoms with E-state index in [1.165, 1.54) is 6.07 Å². The Bertz CT molecular complexity index is 559. The first-order valence-corrected chi connectivity index (χ1v) is 5.96. The third-order valence-electron chi connectivity index (χ3n) is 2.44. The molecule has 0 unspecified atom stereocenters. The van der Waals surface area contributed by atoms with Gasteiger partial charge in [0.05, 0.1) is 0 Å². The van der Waals surface area contributed by atoms with Gasteiger partial charge in [0.2, 0.25) is 0 Å². The molecule has 0 fully saturated rings. The van der Waals surface area contributed by atoms with Gasteiger partial charge in [0.15, 0.2) is 5.82 Å². The largest absolute Gasteiger partial charge is 0.305 e. The summed E-state index contributed by atoms with van der Waals surface area (Å²) in [5, 5.41) is 9.83. The first kappa shape index (κ1) is 12.6. The third-order valence-corrected chi connectivity index (χ3v) is 2.63. The summed E-state index contributed by atoms with van der Waals surface area (Å²) in [4.78, 5) is 16.0. The number of halogens is 1. The molecule has 2 aromatic rings. The fourth-order valence-electron chi connectivity index (χ4n) is 1.55. The topological polar surface area (TPSA) is 70.7 Å². The minimum Gasteiger partial charge on any atom is -0.305 e. The fourth-order valence-corrected chi connectivity index (χ4v) is 1.81. The van der Waals surface area contributed by atoms with E-state index in [0.717, 1.165) is 12.1 Å². The Balaban J connectivity index is 2.16. The highest BCUT2D eigenvalue weighted by atomic mass is 35.5. The van der Waals surface area contributed by atoms with E-state index in [9.17, 15) is 4.79 Å². The van der Waals surface area contributed by atoms with Crippen LogP contribution in [-0.2, 0) is 6.42 Å². The number of H-pyrrole nitrogens is 1. The highest BCUT2D eigenvalue weighted by Crippen LogP contribution is 2.13. The average molecular weight is 265 g/mol. The van der Waals surface area contributed by atoms with Crippen LogP contribution < -0.4 is 5.32 Å². The number of anilines is 1. The zero-order chi connectivity index (χ0) is 13.1. The van der Waals surface area contributed by atoms with E-state index in [0.29, 0.717) is 22.2 Å². The van der Waals surface area contributed by atoms with Gasteiger partial charge in [0, 0.05) is 23.0 Å². The summed E-state index contributed by atoms with van der Waals surface area (Å²) in [6.07, 6.45) is 0.836. The number of pyridine rings is 1. The van der Waals surface area contributed by atoms with Gasteiger partial charge >= 0.3 is 0 Å². The number of aromatic amines is 1. The van der Waals surface area contributed by atoms with Gasteiger partial charge in [-0.25, -0.2) is 4.98 Å². The Morgan fingerprint density at radius 3 is 2.83 bits per heavy atom. The molecule has 0 radical (unpaired) electrons. The molecule has 5 nitrogen and oxygen atoms in total. The predicted octanol–water partition coefficient (Wildman–Crippen LogP) is 2.58. The molecule has 0 saturated heterocycles. The molecule has 0 aliphatic rings. The van der Waals surface area contributed by atoms with Crippen molar-refractivity contribution in [2.45, 2.75) is 20.3 Å². The molecule has 0 atom stereocenters. The lowest BCUT2D eigenvalue weighted by molar-refractivity contribution is 0.102. The second kappa shape index (κ2) is 5.18. The van der Waals surface area contributed by atoms with Gasteiger partial charge in [-0.3, -0.25) is 9.89 Å². The van der Waals surface area contributed by atoms with Gasteiger partial charge in [-0.05, 0) is 25.5 Å². The molecule has 0 aliphatic carbocycles. The van der Waals surface area contributed by atoms with Crippen LogP contribution in [-0.4, -0.2) is 21.1 Å². The molecule has 0 aliphatic heterocycles. The van der Waals surface area contributed by atoms with E-state index in [2.05, 4.69) is 20.5 Å². The highest BCUT2D eigenvalue weighted by Gasteiger charge is 2.10. The second-order valence-electron chi connectivity index (χ2n) is 3.91. The van der Waals surface area contributed by atoms with Crippen LogP contribution in [0.15, 0.2) is 18.2 Å². The number of aromatic nitrogens is 3. The van der Waals surface area contributed by atoms with Crippen LogP contribution in [0.5, 0.6) is 0 Å². The van der Waals surface area contributed by atoms with Crippen molar-refractivity contribution in [1.29, 1.82) is 0 Å². The summed E-state index contributed by atoms with van der Waals surface area (Å²) in [7, 11) is 0. The lowest BCUT2D eigenvalue weighted by Crippen LogP contribution is -2.12. The number of hydrogen-bond donors (Lipinski definition) is 2. The smallest absolute Gasteiger partial charge is 0.257 e. The molecule has 0 bridgehead atoms. The van der Waals surface area contributed by atoms with Crippen LogP contribution in [0.25, 0.3) is 0 Å². The van der Waals surface area contributed by atoms with Gasteiger partial charge in [-0.2, -0.15) is 5.10 Å². The molecular formula is C12H13ClN4O. The summed E-state index contributed by atoms with van der Waals surface area (Å²) >= 11 is 5.81. The Labute approximate surface area is 110 Å². The van der Waals surface area contributed by atoms with Gasteiger partial charge in [-0.1, -0.05) is 18.5 Å². The monoisotopic (exact) mass is 264 g/mol. The van der Waals surface area contributed by atoms with E-state index in [1.807, 2.05) is 6.92 Å². The molecule has 0 spiro atoms. The van der Waals surface area contributed by atoms with Gasteiger partial charge in [0.1, 0.15) is 5.15 Å². The van der Waals surface area contributed by atoms with E-state index in [-0.39, 0.29) is 5.91 Å². The van der Waals surface area contributed by atoms with Crippen molar-refractivity contribution in [2.75, 3.05) is 5.32 Å². The SMILES string of the molecule is CCc1cc(NC(=O)c2cc(C)nc(Cl)c2)n[nH]1. The summed E-state index contributed by atoms with van der Waals surface area (Å²) in [5.41, 5.74) is 2.13. The molecule has 1 amide bonds. The van der Waals surface area contributed by atoms with Crippen molar-refractivity contribution in [2.24, 2.45) is 0 Å². The van der Waals surface area contributed by atoms with Gasteiger partial charge in [0.25, 0.3) is 5.91 Å². The number of carbonyl (C=O) groups excluding carboxylic acids is 1.